The summed E-state index contributed by atoms with van der Waals surface area (Å²) in [5.41, 5.74) is 1.39. The maximum Gasteiger partial charge on any atom is 0.0332 e. The molecule has 0 heterocycles. The predicted octanol–water partition coefficient (Wildman–Crippen LogP) is 4.86. The highest BCUT2D eigenvalue weighted by Crippen LogP contribution is 2.20. The molecule has 0 saturated carbocycles. The van der Waals surface area contributed by atoms with Crippen molar-refractivity contribution in [1.29, 1.82) is 0 Å². The van der Waals surface area contributed by atoms with Crippen LogP contribution in [-0.4, -0.2) is 31.6 Å². The Balaban J connectivity index is 2.51. The van der Waals surface area contributed by atoms with Gasteiger partial charge < -0.3 is 10.2 Å². The van der Waals surface area contributed by atoms with Crippen molar-refractivity contribution in [2.45, 2.75) is 46.1 Å². The second kappa shape index (κ2) is 10.4. The number of halogens is 1. The van der Waals surface area contributed by atoms with E-state index in [0.717, 1.165) is 29.9 Å². The van der Waals surface area contributed by atoms with E-state index >= 15 is 0 Å². The number of hydrogen-bond donors (Lipinski definition) is 1. The molecular weight excluding hydrogens is 324 g/mol. The maximum atomic E-state index is 3.68. The first-order valence-corrected chi connectivity index (χ1v) is 8.99. The number of nitrogens with one attached hydrogen (secondary N) is 1. The van der Waals surface area contributed by atoms with Gasteiger partial charge in [-0.25, -0.2) is 0 Å². The molecule has 1 atom stereocenters. The SMILES string of the molecule is CCCNC(CCN(C)CCC(C)C)c1ccc(Br)cc1. The standard InChI is InChI=1S/C18H31BrN2/c1-5-12-20-18(16-6-8-17(19)9-7-16)11-14-21(4)13-10-15(2)3/h6-9,15,18,20H,5,10-14H2,1-4H3. The van der Waals surface area contributed by atoms with Crippen LogP contribution in [-0.2, 0) is 0 Å². The van der Waals surface area contributed by atoms with E-state index in [1.165, 1.54) is 24.9 Å². The zero-order chi connectivity index (χ0) is 15.7. The lowest BCUT2D eigenvalue weighted by Crippen LogP contribution is -2.28. The average Bonchev–Trinajstić information content (AvgIpc) is 2.46. The molecule has 120 valence electrons. The van der Waals surface area contributed by atoms with Crippen LogP contribution in [0.25, 0.3) is 0 Å². The second-order valence-electron chi connectivity index (χ2n) is 6.33. The lowest BCUT2D eigenvalue weighted by Gasteiger charge is -2.23. The summed E-state index contributed by atoms with van der Waals surface area (Å²) >= 11 is 3.51. The normalized spacial score (nSPS) is 13.1. The number of rotatable bonds is 10. The van der Waals surface area contributed by atoms with Gasteiger partial charge in [-0.2, -0.15) is 0 Å². The third kappa shape index (κ3) is 7.98. The predicted molar refractivity (Wildman–Crippen MR) is 96.7 cm³/mol. The van der Waals surface area contributed by atoms with Crippen molar-refractivity contribution >= 4 is 15.9 Å². The highest BCUT2D eigenvalue weighted by atomic mass is 79.9. The van der Waals surface area contributed by atoms with E-state index in [9.17, 15) is 0 Å². The second-order valence-corrected chi connectivity index (χ2v) is 7.25. The largest absolute Gasteiger partial charge is 0.310 e. The first-order chi connectivity index (χ1) is 10.0. The van der Waals surface area contributed by atoms with Crippen LogP contribution < -0.4 is 5.32 Å². The van der Waals surface area contributed by atoms with E-state index < -0.39 is 0 Å². The molecule has 1 aromatic carbocycles. The summed E-state index contributed by atoms with van der Waals surface area (Å²) in [4.78, 5) is 2.46. The van der Waals surface area contributed by atoms with E-state index in [4.69, 9.17) is 0 Å². The molecule has 0 aliphatic rings. The molecule has 0 bridgehead atoms. The quantitative estimate of drug-likeness (QED) is 0.645. The topological polar surface area (TPSA) is 15.3 Å². The first kappa shape index (κ1) is 18.7. The van der Waals surface area contributed by atoms with Crippen molar-refractivity contribution in [1.82, 2.24) is 10.2 Å². The van der Waals surface area contributed by atoms with Gasteiger partial charge in [0.2, 0.25) is 0 Å². The minimum absolute atomic E-state index is 0.458. The average molecular weight is 355 g/mol. The highest BCUT2D eigenvalue weighted by molar-refractivity contribution is 9.10. The van der Waals surface area contributed by atoms with E-state index in [1.54, 1.807) is 0 Å². The van der Waals surface area contributed by atoms with Crippen molar-refractivity contribution in [3.8, 4) is 0 Å². The summed E-state index contributed by atoms with van der Waals surface area (Å²) in [6.45, 7) is 10.2. The summed E-state index contributed by atoms with van der Waals surface area (Å²) in [5.74, 6) is 0.785. The Bertz CT molecular complexity index is 375. The van der Waals surface area contributed by atoms with E-state index in [0.29, 0.717) is 6.04 Å². The Hall–Kier alpha value is -0.380. The number of nitrogens with zero attached hydrogens (tertiary/aromatic N) is 1. The lowest BCUT2D eigenvalue weighted by atomic mass is 10.0. The molecule has 0 amide bonds. The Morgan fingerprint density at radius 2 is 1.71 bits per heavy atom. The molecule has 0 radical (unpaired) electrons. The van der Waals surface area contributed by atoms with Gasteiger partial charge in [-0.3, -0.25) is 0 Å². The molecule has 0 aliphatic carbocycles. The van der Waals surface area contributed by atoms with Crippen LogP contribution in [0, 0.1) is 5.92 Å². The highest BCUT2D eigenvalue weighted by Gasteiger charge is 2.12. The smallest absolute Gasteiger partial charge is 0.0332 e. The summed E-state index contributed by atoms with van der Waals surface area (Å²) in [6, 6.07) is 9.19. The molecule has 2 nitrogen and oxygen atoms in total. The summed E-state index contributed by atoms with van der Waals surface area (Å²) in [5, 5.41) is 3.68. The van der Waals surface area contributed by atoms with Gasteiger partial charge in [-0.1, -0.05) is 48.8 Å². The van der Waals surface area contributed by atoms with Crippen molar-refractivity contribution in [3.63, 3.8) is 0 Å². The summed E-state index contributed by atoms with van der Waals surface area (Å²) < 4.78 is 1.15. The van der Waals surface area contributed by atoms with Crippen LogP contribution >= 0.6 is 15.9 Å². The van der Waals surface area contributed by atoms with Crippen LogP contribution in [0.15, 0.2) is 28.7 Å². The molecule has 0 aromatic heterocycles. The van der Waals surface area contributed by atoms with Crippen LogP contribution in [0.3, 0.4) is 0 Å². The van der Waals surface area contributed by atoms with Gasteiger partial charge in [-0.05, 0) is 69.6 Å². The Morgan fingerprint density at radius 1 is 1.10 bits per heavy atom. The van der Waals surface area contributed by atoms with Crippen LogP contribution in [0.2, 0.25) is 0 Å². The van der Waals surface area contributed by atoms with Crippen molar-refractivity contribution in [2.24, 2.45) is 5.92 Å². The molecule has 0 aliphatic heterocycles. The van der Waals surface area contributed by atoms with Crippen LogP contribution in [0.1, 0.15) is 51.6 Å². The zero-order valence-corrected chi connectivity index (χ0v) is 15.6. The molecular formula is C18H31BrN2. The van der Waals surface area contributed by atoms with Gasteiger partial charge in [-0.15, -0.1) is 0 Å². The molecule has 1 aromatic rings. The fourth-order valence-corrected chi connectivity index (χ4v) is 2.60. The number of benzene rings is 1. The Morgan fingerprint density at radius 3 is 2.29 bits per heavy atom. The van der Waals surface area contributed by atoms with Crippen LogP contribution in [0.4, 0.5) is 0 Å². The van der Waals surface area contributed by atoms with Gasteiger partial charge in [0.05, 0.1) is 0 Å². The third-order valence-corrected chi connectivity index (χ3v) is 4.33. The van der Waals surface area contributed by atoms with Crippen molar-refractivity contribution in [3.05, 3.63) is 34.3 Å². The molecule has 1 N–H and O–H groups in total. The van der Waals surface area contributed by atoms with E-state index in [-0.39, 0.29) is 0 Å². The van der Waals surface area contributed by atoms with E-state index in [2.05, 4.69) is 78.2 Å². The third-order valence-electron chi connectivity index (χ3n) is 3.80. The van der Waals surface area contributed by atoms with Crippen molar-refractivity contribution in [2.75, 3.05) is 26.7 Å². The minimum Gasteiger partial charge on any atom is -0.310 e. The lowest BCUT2D eigenvalue weighted by molar-refractivity contribution is 0.289. The summed E-state index contributed by atoms with van der Waals surface area (Å²) in [6.07, 6.45) is 3.62. The molecule has 0 fully saturated rings. The molecule has 0 saturated heterocycles. The number of hydrogen-bond acceptors (Lipinski definition) is 2. The molecule has 0 spiro atoms. The van der Waals surface area contributed by atoms with Gasteiger partial charge >= 0.3 is 0 Å². The van der Waals surface area contributed by atoms with Gasteiger partial charge in [0.15, 0.2) is 0 Å². The Kier molecular flexibility index (Phi) is 9.21. The zero-order valence-electron chi connectivity index (χ0n) is 14.0. The van der Waals surface area contributed by atoms with Crippen molar-refractivity contribution < 1.29 is 0 Å². The first-order valence-electron chi connectivity index (χ1n) is 8.20. The van der Waals surface area contributed by atoms with Crippen LogP contribution in [0.5, 0.6) is 0 Å². The molecule has 3 heteroatoms. The summed E-state index contributed by atoms with van der Waals surface area (Å²) in [7, 11) is 2.24. The fraction of sp³-hybridized carbons (Fsp3) is 0.667. The monoisotopic (exact) mass is 354 g/mol. The van der Waals surface area contributed by atoms with Gasteiger partial charge in [0.1, 0.15) is 0 Å². The van der Waals surface area contributed by atoms with E-state index in [1.807, 2.05) is 0 Å². The Labute approximate surface area is 139 Å². The maximum absolute atomic E-state index is 3.68. The fourth-order valence-electron chi connectivity index (χ4n) is 2.34. The van der Waals surface area contributed by atoms with Gasteiger partial charge in [0.25, 0.3) is 0 Å². The molecule has 21 heavy (non-hydrogen) atoms. The minimum atomic E-state index is 0.458. The molecule has 1 unspecified atom stereocenters. The molecule has 1 rings (SSSR count). The van der Waals surface area contributed by atoms with Gasteiger partial charge in [0, 0.05) is 10.5 Å².